The highest BCUT2D eigenvalue weighted by Gasteiger charge is 2.58. The zero-order valence-electron chi connectivity index (χ0n) is 18.0. The number of likely N-dealkylation sites (tertiary alicyclic amines) is 1. The number of hydrogen-bond acceptors (Lipinski definition) is 5. The van der Waals surface area contributed by atoms with Gasteiger partial charge in [0.25, 0.3) is 0 Å². The van der Waals surface area contributed by atoms with Crippen LogP contribution in [0.2, 0.25) is 0 Å². The molecule has 1 aromatic carbocycles. The van der Waals surface area contributed by atoms with Crippen LogP contribution in [0.4, 0.5) is 4.39 Å². The number of nitrogens with zero attached hydrogens (tertiary/aromatic N) is 2. The average molecular weight is 442 g/mol. The molecular weight excluding hydrogens is 415 g/mol. The molecule has 1 aromatic rings. The highest BCUT2D eigenvalue weighted by molar-refractivity contribution is 6.06. The maximum atomic E-state index is 13.9. The molecule has 170 valence electrons. The summed E-state index contributed by atoms with van der Waals surface area (Å²) >= 11 is 0. The van der Waals surface area contributed by atoms with Crippen molar-refractivity contribution in [3.8, 4) is 5.75 Å². The van der Waals surface area contributed by atoms with Gasteiger partial charge in [-0.3, -0.25) is 19.5 Å². The summed E-state index contributed by atoms with van der Waals surface area (Å²) in [6, 6.07) is 2.91. The summed E-state index contributed by atoms with van der Waals surface area (Å²) in [5.41, 5.74) is 1.48. The van der Waals surface area contributed by atoms with Crippen LogP contribution in [0.5, 0.6) is 5.75 Å². The van der Waals surface area contributed by atoms with Gasteiger partial charge in [-0.05, 0) is 42.4 Å². The van der Waals surface area contributed by atoms with Crippen LogP contribution in [-0.2, 0) is 27.4 Å². The maximum absolute atomic E-state index is 13.9. The maximum Gasteiger partial charge on any atom is 0.233 e. The molecule has 2 bridgehead atoms. The van der Waals surface area contributed by atoms with Gasteiger partial charge in [0.05, 0.1) is 18.4 Å². The lowest BCUT2D eigenvalue weighted by atomic mass is 9.85. The van der Waals surface area contributed by atoms with Crippen LogP contribution in [0.3, 0.4) is 0 Å². The third-order valence-electron chi connectivity index (χ3n) is 6.85. The van der Waals surface area contributed by atoms with Crippen molar-refractivity contribution in [1.29, 1.82) is 0 Å². The molecule has 0 spiro atoms. The number of guanidine groups is 1. The second-order valence-corrected chi connectivity index (χ2v) is 8.67. The number of hydrogen-bond donors (Lipinski definition) is 2. The Morgan fingerprint density at radius 3 is 2.59 bits per heavy atom. The Balaban J connectivity index is 1.11. The van der Waals surface area contributed by atoms with Gasteiger partial charge in [0.2, 0.25) is 11.8 Å². The number of aliphatic imine (C=N–C) groups is 1. The minimum Gasteiger partial charge on any atom is -0.467 e. The van der Waals surface area contributed by atoms with Gasteiger partial charge in [-0.25, -0.2) is 4.39 Å². The van der Waals surface area contributed by atoms with Gasteiger partial charge in [0.1, 0.15) is 11.6 Å². The van der Waals surface area contributed by atoms with E-state index < -0.39 is 0 Å². The molecule has 2 aliphatic carbocycles. The topological polar surface area (TPSA) is 92.3 Å². The Bertz CT molecular complexity index is 964. The predicted molar refractivity (Wildman–Crippen MR) is 114 cm³/mol. The molecule has 2 aliphatic heterocycles. The second-order valence-electron chi connectivity index (χ2n) is 8.67. The van der Waals surface area contributed by atoms with Crippen molar-refractivity contribution in [2.75, 3.05) is 33.5 Å². The molecule has 2 heterocycles. The first-order valence-electron chi connectivity index (χ1n) is 11.1. The summed E-state index contributed by atoms with van der Waals surface area (Å²) in [4.78, 5) is 31.1. The molecular formula is C23H27FN4O4. The highest BCUT2D eigenvalue weighted by Crippen LogP contribution is 2.52. The fourth-order valence-corrected chi connectivity index (χ4v) is 5.45. The SMILES string of the molecule is CN=C(NCCc1cc(F)cc2c1OCOC2)NCCN1C(=O)C2C3C=CC(C3)C2C1=O. The van der Waals surface area contributed by atoms with Gasteiger partial charge in [0, 0.05) is 32.2 Å². The molecule has 0 aromatic heterocycles. The van der Waals surface area contributed by atoms with Gasteiger partial charge >= 0.3 is 0 Å². The van der Waals surface area contributed by atoms with Gasteiger partial charge in [-0.15, -0.1) is 0 Å². The van der Waals surface area contributed by atoms with Crippen LogP contribution in [0, 0.1) is 29.5 Å². The predicted octanol–water partition coefficient (Wildman–Crippen LogP) is 1.21. The van der Waals surface area contributed by atoms with Crippen molar-refractivity contribution in [1.82, 2.24) is 15.5 Å². The van der Waals surface area contributed by atoms with Crippen LogP contribution < -0.4 is 15.4 Å². The van der Waals surface area contributed by atoms with Crippen molar-refractivity contribution >= 4 is 17.8 Å². The summed E-state index contributed by atoms with van der Waals surface area (Å²) < 4.78 is 24.7. The van der Waals surface area contributed by atoms with Gasteiger partial charge in [0.15, 0.2) is 12.8 Å². The molecule has 2 N–H and O–H groups in total. The number of ether oxygens (including phenoxy) is 2. The number of allylic oxidation sites excluding steroid dienone is 2. The van der Waals surface area contributed by atoms with E-state index in [4.69, 9.17) is 9.47 Å². The second kappa shape index (κ2) is 8.54. The van der Waals surface area contributed by atoms with E-state index in [2.05, 4.69) is 27.8 Å². The molecule has 9 heteroatoms. The number of nitrogens with one attached hydrogen (secondary N) is 2. The molecule has 0 radical (unpaired) electrons. The Labute approximate surface area is 185 Å². The summed E-state index contributed by atoms with van der Waals surface area (Å²) in [6.07, 6.45) is 5.67. The first-order chi connectivity index (χ1) is 15.6. The summed E-state index contributed by atoms with van der Waals surface area (Å²) in [6.45, 7) is 1.74. The van der Waals surface area contributed by atoms with Gasteiger partial charge in [-0.2, -0.15) is 0 Å². The van der Waals surface area contributed by atoms with E-state index in [1.165, 1.54) is 17.0 Å². The minimum absolute atomic E-state index is 0.0403. The largest absolute Gasteiger partial charge is 0.467 e. The molecule has 1 saturated heterocycles. The first-order valence-corrected chi connectivity index (χ1v) is 11.1. The Morgan fingerprint density at radius 1 is 1.16 bits per heavy atom. The van der Waals surface area contributed by atoms with Crippen molar-refractivity contribution in [3.63, 3.8) is 0 Å². The van der Waals surface area contributed by atoms with E-state index in [9.17, 15) is 14.0 Å². The van der Waals surface area contributed by atoms with E-state index in [-0.39, 0.29) is 48.1 Å². The lowest BCUT2D eigenvalue weighted by Crippen LogP contribution is -2.44. The smallest absolute Gasteiger partial charge is 0.233 e. The van der Waals surface area contributed by atoms with E-state index >= 15 is 0 Å². The van der Waals surface area contributed by atoms with Crippen LogP contribution in [0.15, 0.2) is 29.3 Å². The number of rotatable bonds is 6. The molecule has 5 rings (SSSR count). The highest BCUT2D eigenvalue weighted by atomic mass is 19.1. The zero-order chi connectivity index (χ0) is 22.2. The van der Waals surface area contributed by atoms with Gasteiger partial charge < -0.3 is 20.1 Å². The van der Waals surface area contributed by atoms with Crippen LogP contribution in [-0.4, -0.2) is 56.1 Å². The molecule has 2 fully saturated rings. The standard InChI is InChI=1S/C23H27FN4O4/c1-25-23(26-5-4-15-9-17(24)10-16-11-31-12-32-20(15)16)27-6-7-28-21(29)18-13-2-3-14(8-13)19(18)22(28)30/h2-3,9-10,13-14,18-19H,4-8,11-12H2,1H3,(H2,25,26,27). The third-order valence-corrected chi connectivity index (χ3v) is 6.85. The quantitative estimate of drug-likeness (QED) is 0.298. The van der Waals surface area contributed by atoms with E-state index in [0.717, 1.165) is 12.0 Å². The fraction of sp³-hybridized carbons (Fsp3) is 0.522. The number of halogens is 1. The number of carbonyl (C=O) groups excluding carboxylic acids is 2. The van der Waals surface area contributed by atoms with E-state index in [1.807, 2.05) is 0 Å². The van der Waals surface area contributed by atoms with Crippen LogP contribution >= 0.6 is 0 Å². The number of imide groups is 1. The lowest BCUT2D eigenvalue weighted by Gasteiger charge is -2.21. The zero-order valence-corrected chi connectivity index (χ0v) is 18.0. The monoisotopic (exact) mass is 442 g/mol. The Morgan fingerprint density at radius 2 is 1.88 bits per heavy atom. The Kier molecular flexibility index (Phi) is 5.58. The van der Waals surface area contributed by atoms with Crippen LogP contribution in [0.1, 0.15) is 17.5 Å². The molecule has 32 heavy (non-hydrogen) atoms. The summed E-state index contributed by atoms with van der Waals surface area (Å²) in [5, 5.41) is 6.34. The first kappa shape index (κ1) is 20.9. The van der Waals surface area contributed by atoms with Crippen LogP contribution in [0.25, 0.3) is 0 Å². The molecule has 4 aliphatic rings. The molecule has 4 atom stereocenters. The third kappa shape index (κ3) is 3.64. The lowest BCUT2D eigenvalue weighted by molar-refractivity contribution is -0.140. The van der Waals surface area contributed by atoms with Crippen molar-refractivity contribution in [2.45, 2.75) is 19.4 Å². The summed E-state index contributed by atoms with van der Waals surface area (Å²) in [7, 11) is 1.65. The molecule has 2 amide bonds. The number of carbonyl (C=O) groups is 2. The average Bonchev–Trinajstić information content (AvgIpc) is 3.47. The Hall–Kier alpha value is -2.94. The van der Waals surface area contributed by atoms with E-state index in [1.54, 1.807) is 7.05 Å². The fourth-order valence-electron chi connectivity index (χ4n) is 5.45. The molecule has 1 saturated carbocycles. The number of fused-ring (bicyclic) bond motifs is 6. The summed E-state index contributed by atoms with van der Waals surface area (Å²) in [5.74, 6) is 0.949. The van der Waals surface area contributed by atoms with Gasteiger partial charge in [-0.1, -0.05) is 12.2 Å². The minimum atomic E-state index is -0.316. The van der Waals surface area contributed by atoms with Crippen molar-refractivity contribution in [2.24, 2.45) is 28.7 Å². The number of amides is 2. The van der Waals surface area contributed by atoms with E-state index in [0.29, 0.717) is 49.9 Å². The normalized spacial score (nSPS) is 28.1. The number of benzene rings is 1. The molecule has 4 unspecified atom stereocenters. The molecule has 8 nitrogen and oxygen atoms in total. The van der Waals surface area contributed by atoms with Crippen molar-refractivity contribution < 1.29 is 23.5 Å². The van der Waals surface area contributed by atoms with Crippen molar-refractivity contribution in [3.05, 3.63) is 41.2 Å².